The fourth-order valence-corrected chi connectivity index (χ4v) is 3.28. The first kappa shape index (κ1) is 10.0. The fraction of sp³-hybridized carbons (Fsp3) is 1.00. The third-order valence-electron chi connectivity index (χ3n) is 4.19. The molecule has 0 heterocycles. The van der Waals surface area contributed by atoms with E-state index in [4.69, 9.17) is 0 Å². The molecule has 0 radical (unpaired) electrons. The molecule has 2 rings (SSSR count). The first-order valence-corrected chi connectivity index (χ1v) is 4.65. The number of aliphatic hydroxyl groups is 1. The maximum absolute atomic E-state index is 10.0. The Kier molecular flexibility index (Phi) is 2.07. The average molecular weight is 170 g/mol. The number of hydrogen-bond donors (Lipinski definition) is 1. The molecule has 0 spiro atoms. The van der Waals surface area contributed by atoms with Crippen molar-refractivity contribution >= 4 is 0 Å². The lowest BCUT2D eigenvalue weighted by atomic mass is 9.70. The zero-order valence-corrected chi connectivity index (χ0v) is 7.72. The molecule has 2 aliphatic carbocycles. The summed E-state index contributed by atoms with van der Waals surface area (Å²) in [6.07, 6.45) is 3.76. The van der Waals surface area contributed by atoms with Gasteiger partial charge in [-0.2, -0.15) is 0 Å². The number of aliphatic hydroxyl groups excluding tert-OH is 1. The van der Waals surface area contributed by atoms with E-state index in [9.17, 15) is 5.11 Å². The topological polar surface area (TPSA) is 20.2 Å². The Balaban J connectivity index is 0.000000720. The molecule has 1 N–H and O–H groups in total. The highest BCUT2D eigenvalue weighted by molar-refractivity contribution is 5.08. The van der Waals surface area contributed by atoms with Crippen LogP contribution in [0.3, 0.4) is 0 Å². The van der Waals surface area contributed by atoms with E-state index < -0.39 is 0 Å². The van der Waals surface area contributed by atoms with Crippen LogP contribution in [0.1, 0.15) is 47.5 Å². The van der Waals surface area contributed by atoms with Crippen LogP contribution in [0.4, 0.5) is 0 Å². The molecule has 1 heteroatoms. The summed E-state index contributed by atoms with van der Waals surface area (Å²) in [6, 6.07) is 0. The molecule has 0 aromatic heterocycles. The Morgan fingerprint density at radius 3 is 2.08 bits per heavy atom. The second-order valence-corrected chi connectivity index (χ2v) is 5.32. The summed E-state index contributed by atoms with van der Waals surface area (Å²) in [5.41, 5.74) is 0.446. The highest BCUT2D eigenvalue weighted by Gasteiger charge is 2.58. The monoisotopic (exact) mass is 170 g/mol. The lowest BCUT2D eigenvalue weighted by Crippen LogP contribution is -2.39. The van der Waals surface area contributed by atoms with Crippen LogP contribution in [0.15, 0.2) is 0 Å². The van der Waals surface area contributed by atoms with E-state index in [0.717, 1.165) is 5.92 Å². The summed E-state index contributed by atoms with van der Waals surface area (Å²) in [6.45, 7) is 6.67. The molecule has 2 aliphatic rings. The number of hydrogen-bond acceptors (Lipinski definition) is 1. The summed E-state index contributed by atoms with van der Waals surface area (Å²) in [7, 11) is 0. The largest absolute Gasteiger partial charge is 0.392 e. The lowest BCUT2D eigenvalue weighted by Gasteiger charge is -2.38. The summed E-state index contributed by atoms with van der Waals surface area (Å²) < 4.78 is 0. The Morgan fingerprint density at radius 1 is 1.25 bits per heavy atom. The molecule has 2 saturated carbocycles. The van der Waals surface area contributed by atoms with Gasteiger partial charge in [0.05, 0.1) is 6.10 Å². The Bertz CT molecular complexity index is 181. The summed E-state index contributed by atoms with van der Waals surface area (Å²) in [5, 5.41) is 10.0. The Hall–Kier alpha value is -0.0400. The van der Waals surface area contributed by atoms with Crippen LogP contribution in [0.2, 0.25) is 0 Å². The van der Waals surface area contributed by atoms with Crippen molar-refractivity contribution in [3.63, 3.8) is 0 Å². The van der Waals surface area contributed by atoms with Crippen molar-refractivity contribution in [3.8, 4) is 0 Å². The molecule has 12 heavy (non-hydrogen) atoms. The molecule has 3 unspecified atom stereocenters. The van der Waals surface area contributed by atoms with Crippen LogP contribution >= 0.6 is 0 Å². The second-order valence-electron chi connectivity index (χ2n) is 5.32. The predicted octanol–water partition coefficient (Wildman–Crippen LogP) is 2.83. The van der Waals surface area contributed by atoms with E-state index in [2.05, 4.69) is 20.8 Å². The van der Waals surface area contributed by atoms with Gasteiger partial charge in [-0.3, -0.25) is 0 Å². The van der Waals surface area contributed by atoms with Crippen molar-refractivity contribution in [2.45, 2.75) is 53.6 Å². The molecule has 0 aromatic carbocycles. The molecular formula is C11H22O. The molecule has 0 aromatic rings. The number of rotatable bonds is 0. The third-order valence-corrected chi connectivity index (χ3v) is 4.19. The van der Waals surface area contributed by atoms with Crippen LogP contribution in [0, 0.1) is 16.7 Å². The van der Waals surface area contributed by atoms with Gasteiger partial charge >= 0.3 is 0 Å². The van der Waals surface area contributed by atoms with Crippen LogP contribution in [0.5, 0.6) is 0 Å². The predicted molar refractivity (Wildman–Crippen MR) is 52.0 cm³/mol. The lowest BCUT2D eigenvalue weighted by molar-refractivity contribution is -0.0340. The Morgan fingerprint density at radius 2 is 1.83 bits per heavy atom. The smallest absolute Gasteiger partial charge is 0.0647 e. The molecular weight excluding hydrogens is 148 g/mol. The Labute approximate surface area is 76.2 Å². The van der Waals surface area contributed by atoms with Gasteiger partial charge in [-0.1, -0.05) is 28.2 Å². The van der Waals surface area contributed by atoms with E-state index in [1.54, 1.807) is 0 Å². The second kappa shape index (κ2) is 2.47. The minimum atomic E-state index is -0.0613. The highest BCUT2D eigenvalue weighted by Crippen LogP contribution is 2.62. The van der Waals surface area contributed by atoms with Gasteiger partial charge in [0.2, 0.25) is 0 Å². The number of fused-ring (bicyclic) bond motifs is 2. The van der Waals surface area contributed by atoms with Gasteiger partial charge < -0.3 is 5.11 Å². The van der Waals surface area contributed by atoms with Crippen molar-refractivity contribution < 1.29 is 5.11 Å². The standard InChI is InChI=1S/C10H18O.CH4/c1-9(2)7-4-5-10(3,6-7)8(9)11;/h7-8,11H,4-6H2,1-3H3;1H4. The van der Waals surface area contributed by atoms with Gasteiger partial charge in [0.1, 0.15) is 0 Å². The van der Waals surface area contributed by atoms with Gasteiger partial charge in [0.25, 0.3) is 0 Å². The van der Waals surface area contributed by atoms with Gasteiger partial charge in [-0.25, -0.2) is 0 Å². The van der Waals surface area contributed by atoms with Crippen LogP contribution < -0.4 is 0 Å². The maximum atomic E-state index is 10.0. The van der Waals surface area contributed by atoms with E-state index >= 15 is 0 Å². The molecule has 2 bridgehead atoms. The average Bonchev–Trinajstić information content (AvgIpc) is 2.36. The SMILES string of the molecule is C.CC12CCC(C1)C(C)(C)C2O. The van der Waals surface area contributed by atoms with Gasteiger partial charge in [-0.15, -0.1) is 0 Å². The quantitative estimate of drug-likeness (QED) is 0.592. The molecule has 1 nitrogen and oxygen atoms in total. The first-order chi connectivity index (χ1) is 4.97. The third kappa shape index (κ3) is 0.953. The van der Waals surface area contributed by atoms with Crippen molar-refractivity contribution in [2.24, 2.45) is 16.7 Å². The molecule has 0 amide bonds. The molecule has 0 saturated heterocycles. The van der Waals surface area contributed by atoms with Crippen molar-refractivity contribution in [1.82, 2.24) is 0 Å². The minimum absolute atomic E-state index is 0. The molecule has 72 valence electrons. The van der Waals surface area contributed by atoms with Crippen molar-refractivity contribution in [3.05, 3.63) is 0 Å². The van der Waals surface area contributed by atoms with Crippen LogP contribution in [-0.4, -0.2) is 11.2 Å². The summed E-state index contributed by atoms with van der Waals surface area (Å²) in [5.74, 6) is 0.780. The summed E-state index contributed by atoms with van der Waals surface area (Å²) >= 11 is 0. The molecule has 3 atom stereocenters. The highest BCUT2D eigenvalue weighted by atomic mass is 16.3. The van der Waals surface area contributed by atoms with Crippen LogP contribution in [0.25, 0.3) is 0 Å². The van der Waals surface area contributed by atoms with Crippen LogP contribution in [-0.2, 0) is 0 Å². The fourth-order valence-electron chi connectivity index (χ4n) is 3.28. The van der Waals surface area contributed by atoms with E-state index in [1.807, 2.05) is 0 Å². The summed E-state index contributed by atoms with van der Waals surface area (Å²) in [4.78, 5) is 0. The van der Waals surface area contributed by atoms with E-state index in [0.29, 0.717) is 0 Å². The zero-order chi connectivity index (χ0) is 8.28. The van der Waals surface area contributed by atoms with Crippen molar-refractivity contribution in [1.29, 1.82) is 0 Å². The molecule has 2 fully saturated rings. The maximum Gasteiger partial charge on any atom is 0.0647 e. The zero-order valence-electron chi connectivity index (χ0n) is 7.72. The minimum Gasteiger partial charge on any atom is -0.392 e. The normalized spacial score (nSPS) is 49.0. The van der Waals surface area contributed by atoms with Gasteiger partial charge in [0.15, 0.2) is 0 Å². The first-order valence-electron chi connectivity index (χ1n) is 4.65. The molecule has 0 aliphatic heterocycles. The van der Waals surface area contributed by atoms with Gasteiger partial charge in [0, 0.05) is 0 Å². The van der Waals surface area contributed by atoms with Gasteiger partial charge in [-0.05, 0) is 36.0 Å². The van der Waals surface area contributed by atoms with E-state index in [-0.39, 0.29) is 24.4 Å². The van der Waals surface area contributed by atoms with E-state index in [1.165, 1.54) is 19.3 Å². The van der Waals surface area contributed by atoms with Crippen molar-refractivity contribution in [2.75, 3.05) is 0 Å².